The van der Waals surface area contributed by atoms with Crippen molar-refractivity contribution in [3.63, 3.8) is 0 Å². The van der Waals surface area contributed by atoms with E-state index in [4.69, 9.17) is 21.1 Å². The molecule has 3 aliphatic rings. The van der Waals surface area contributed by atoms with E-state index in [0.29, 0.717) is 24.7 Å². The quantitative estimate of drug-likeness (QED) is 0.447. The van der Waals surface area contributed by atoms with Gasteiger partial charge in [0.15, 0.2) is 0 Å². The highest BCUT2D eigenvalue weighted by Gasteiger charge is 2.40. The molecule has 2 heterocycles. The number of hydrogen-bond acceptors (Lipinski definition) is 3. The van der Waals surface area contributed by atoms with Crippen molar-refractivity contribution in [2.24, 2.45) is 0 Å². The third-order valence-corrected chi connectivity index (χ3v) is 7.20. The van der Waals surface area contributed by atoms with Gasteiger partial charge in [0, 0.05) is 10.9 Å². The molecular weight excluding hydrogens is 453 g/mol. The van der Waals surface area contributed by atoms with Crippen LogP contribution in [0.5, 0.6) is 0 Å². The van der Waals surface area contributed by atoms with E-state index in [1.54, 1.807) is 11.0 Å². The van der Waals surface area contributed by atoms with Crippen LogP contribution in [0.15, 0.2) is 72.8 Å². The zero-order valence-corrected chi connectivity index (χ0v) is 19.2. The average molecular weight is 476 g/mol. The minimum Gasteiger partial charge on any atom is -0.448 e. The summed E-state index contributed by atoms with van der Waals surface area (Å²) in [5, 5.41) is 0.358. The van der Waals surface area contributed by atoms with Gasteiger partial charge in [-0.3, -0.25) is 4.90 Å². The molecule has 4 nitrogen and oxygen atoms in total. The van der Waals surface area contributed by atoms with Gasteiger partial charge < -0.3 is 9.47 Å². The van der Waals surface area contributed by atoms with Gasteiger partial charge in [-0.05, 0) is 58.0 Å². The van der Waals surface area contributed by atoms with Gasteiger partial charge in [0.25, 0.3) is 0 Å². The first kappa shape index (κ1) is 21.4. The lowest BCUT2D eigenvalue weighted by Crippen LogP contribution is -2.56. The summed E-state index contributed by atoms with van der Waals surface area (Å²) in [4.78, 5) is 15.1. The van der Waals surface area contributed by atoms with Gasteiger partial charge in [0.2, 0.25) is 0 Å². The van der Waals surface area contributed by atoms with Crippen LogP contribution in [0.4, 0.5) is 9.18 Å². The second kappa shape index (κ2) is 8.57. The first-order chi connectivity index (χ1) is 16.6. The van der Waals surface area contributed by atoms with Gasteiger partial charge in [-0.2, -0.15) is 0 Å². The molecule has 1 fully saturated rings. The van der Waals surface area contributed by atoms with Gasteiger partial charge in [-0.25, -0.2) is 9.18 Å². The minimum absolute atomic E-state index is 0.0118. The number of carbonyl (C=O) groups is 1. The Hall–Kier alpha value is -3.15. The van der Waals surface area contributed by atoms with Crippen LogP contribution in [0.3, 0.4) is 0 Å². The smallest absolute Gasteiger partial charge is 0.410 e. The van der Waals surface area contributed by atoms with E-state index >= 15 is 0 Å². The Bertz CT molecular complexity index is 1240. The van der Waals surface area contributed by atoms with Crippen molar-refractivity contribution in [1.82, 2.24) is 4.90 Å². The van der Waals surface area contributed by atoms with Crippen molar-refractivity contribution in [3.8, 4) is 11.1 Å². The summed E-state index contributed by atoms with van der Waals surface area (Å²) >= 11 is 6.07. The summed E-state index contributed by atoms with van der Waals surface area (Å²) in [5.74, 6) is -0.360. The molecule has 6 heteroatoms. The molecule has 172 valence electrons. The van der Waals surface area contributed by atoms with Crippen molar-refractivity contribution in [1.29, 1.82) is 0 Å². The highest BCUT2D eigenvalue weighted by molar-refractivity contribution is 6.30. The molecule has 3 aromatic rings. The Morgan fingerprint density at radius 3 is 2.41 bits per heavy atom. The number of halogens is 2. The second-order valence-electron chi connectivity index (χ2n) is 9.02. The molecule has 1 aliphatic carbocycles. The molecule has 2 unspecified atom stereocenters. The van der Waals surface area contributed by atoms with Crippen molar-refractivity contribution in [2.45, 2.75) is 24.4 Å². The molecule has 0 aromatic heterocycles. The van der Waals surface area contributed by atoms with Gasteiger partial charge in [0.05, 0.1) is 25.3 Å². The van der Waals surface area contributed by atoms with Gasteiger partial charge in [0.1, 0.15) is 12.4 Å². The summed E-state index contributed by atoms with van der Waals surface area (Å²) in [6.45, 7) is 1.08. The fourth-order valence-corrected chi connectivity index (χ4v) is 5.72. The van der Waals surface area contributed by atoms with Gasteiger partial charge in [-0.15, -0.1) is 0 Å². The first-order valence-corrected chi connectivity index (χ1v) is 11.8. The van der Waals surface area contributed by atoms with E-state index in [0.717, 1.165) is 11.1 Å². The Balaban J connectivity index is 1.22. The molecule has 2 atom stereocenters. The standard InChI is InChI=1S/C28H23ClFNO3/c29-19-9-17(10-20(30)13-19)18-11-21-14-33-15-22(12-18)31(21)28(32)34-16-27-25-7-3-1-5-23(25)24-6-2-4-8-26(24)27/h1-11,13,21-22,27H,12,14-16H2. The maximum absolute atomic E-state index is 13.9. The molecule has 0 spiro atoms. The monoisotopic (exact) mass is 475 g/mol. The Morgan fingerprint density at radius 1 is 1.03 bits per heavy atom. The Morgan fingerprint density at radius 2 is 1.74 bits per heavy atom. The van der Waals surface area contributed by atoms with Crippen LogP contribution in [0.25, 0.3) is 16.7 Å². The van der Waals surface area contributed by atoms with Crippen molar-refractivity contribution in [2.75, 3.05) is 19.8 Å². The molecule has 34 heavy (non-hydrogen) atoms. The predicted molar refractivity (Wildman–Crippen MR) is 129 cm³/mol. The minimum atomic E-state index is -0.372. The number of benzene rings is 3. The number of carbonyl (C=O) groups excluding carboxylic acids is 1. The SMILES string of the molecule is O=C(OCC1c2ccccc2-c2ccccc21)N1C2C=C(c3cc(F)cc(Cl)c3)CC1COC2. The molecule has 2 bridgehead atoms. The van der Waals surface area contributed by atoms with E-state index in [1.165, 1.54) is 34.4 Å². The Labute approximate surface area is 202 Å². The van der Waals surface area contributed by atoms with Crippen molar-refractivity contribution in [3.05, 3.63) is 100 Å². The van der Waals surface area contributed by atoms with E-state index < -0.39 is 0 Å². The lowest BCUT2D eigenvalue weighted by Gasteiger charge is -2.44. The molecule has 2 aliphatic heterocycles. The van der Waals surface area contributed by atoms with Crippen LogP contribution in [0, 0.1) is 5.82 Å². The largest absolute Gasteiger partial charge is 0.448 e. The average Bonchev–Trinajstić information content (AvgIpc) is 3.15. The fraction of sp³-hybridized carbons (Fsp3) is 0.250. The van der Waals surface area contributed by atoms with Crippen molar-refractivity contribution < 1.29 is 18.7 Å². The topological polar surface area (TPSA) is 38.8 Å². The van der Waals surface area contributed by atoms with Crippen LogP contribution in [-0.4, -0.2) is 42.9 Å². The summed E-state index contributed by atoms with van der Waals surface area (Å²) in [7, 11) is 0. The molecule has 1 amide bonds. The van der Waals surface area contributed by atoms with Crippen LogP contribution in [0.1, 0.15) is 29.0 Å². The third-order valence-electron chi connectivity index (χ3n) is 6.98. The highest BCUT2D eigenvalue weighted by atomic mass is 35.5. The number of nitrogens with zero attached hydrogens (tertiary/aromatic N) is 1. The molecular formula is C28H23ClFNO3. The number of hydrogen-bond donors (Lipinski definition) is 0. The van der Waals surface area contributed by atoms with Gasteiger partial charge >= 0.3 is 6.09 Å². The molecule has 0 radical (unpaired) electrons. The summed E-state index contributed by atoms with van der Waals surface area (Å²) in [5.41, 5.74) is 6.48. The maximum Gasteiger partial charge on any atom is 0.410 e. The van der Waals surface area contributed by atoms with E-state index in [-0.39, 0.29) is 36.5 Å². The second-order valence-corrected chi connectivity index (χ2v) is 9.46. The molecule has 0 N–H and O–H groups in total. The van der Waals surface area contributed by atoms with Gasteiger partial charge in [-0.1, -0.05) is 66.2 Å². The lowest BCUT2D eigenvalue weighted by molar-refractivity contribution is -0.0331. The zero-order chi connectivity index (χ0) is 23.2. The fourth-order valence-electron chi connectivity index (χ4n) is 5.50. The number of rotatable bonds is 3. The number of morpholine rings is 1. The summed E-state index contributed by atoms with van der Waals surface area (Å²) < 4.78 is 25.6. The first-order valence-electron chi connectivity index (χ1n) is 11.5. The maximum atomic E-state index is 13.9. The Kier molecular flexibility index (Phi) is 5.39. The summed E-state index contributed by atoms with van der Waals surface area (Å²) in [6.07, 6.45) is 2.19. The summed E-state index contributed by atoms with van der Waals surface area (Å²) in [6, 6.07) is 20.7. The third kappa shape index (κ3) is 3.69. The molecule has 3 aromatic carbocycles. The van der Waals surface area contributed by atoms with Crippen LogP contribution in [-0.2, 0) is 9.47 Å². The van der Waals surface area contributed by atoms with Crippen LogP contribution < -0.4 is 0 Å². The molecule has 1 saturated heterocycles. The van der Waals surface area contributed by atoms with Crippen molar-refractivity contribution >= 4 is 23.3 Å². The number of fused-ring (bicyclic) bond motifs is 5. The molecule has 6 rings (SSSR count). The lowest BCUT2D eigenvalue weighted by atomic mass is 9.90. The van der Waals surface area contributed by atoms with Crippen LogP contribution >= 0.6 is 11.6 Å². The predicted octanol–water partition coefficient (Wildman–Crippen LogP) is 6.28. The zero-order valence-electron chi connectivity index (χ0n) is 18.4. The number of ether oxygens (including phenoxy) is 2. The van der Waals surface area contributed by atoms with E-state index in [2.05, 4.69) is 24.3 Å². The highest BCUT2D eigenvalue weighted by Crippen LogP contribution is 2.44. The van der Waals surface area contributed by atoms with Crippen LogP contribution in [0.2, 0.25) is 5.02 Å². The molecule has 0 saturated carbocycles. The van der Waals surface area contributed by atoms with E-state index in [9.17, 15) is 9.18 Å². The normalized spacial score (nSPS) is 21.0. The van der Waals surface area contributed by atoms with E-state index in [1.807, 2.05) is 30.3 Å². The number of amides is 1.